The third kappa shape index (κ3) is 4.28. The Labute approximate surface area is 153 Å². The molecule has 132 valence electrons. The summed E-state index contributed by atoms with van der Waals surface area (Å²) in [6.45, 7) is 1.68. The second kappa shape index (κ2) is 8.30. The van der Waals surface area contributed by atoms with Gasteiger partial charge in [-0.1, -0.05) is 24.3 Å². The number of hydrazone groups is 1. The summed E-state index contributed by atoms with van der Waals surface area (Å²) in [4.78, 5) is 12.0. The Hall–Kier alpha value is -3.13. The highest BCUT2D eigenvalue weighted by Gasteiger charge is 2.11. The first-order chi connectivity index (χ1) is 12.7. The maximum atomic E-state index is 12.0. The number of hydrogen-bond donors (Lipinski definition) is 1. The molecule has 0 saturated heterocycles. The smallest absolute Gasteiger partial charge is 0.277 e. The van der Waals surface area contributed by atoms with Crippen molar-refractivity contribution in [2.45, 2.75) is 32.6 Å². The number of benzene rings is 2. The Balaban J connectivity index is 1.58. The Morgan fingerprint density at radius 2 is 1.96 bits per heavy atom. The number of ether oxygens (including phenoxy) is 1. The zero-order chi connectivity index (χ0) is 18.4. The Morgan fingerprint density at radius 3 is 2.77 bits per heavy atom. The molecule has 0 bridgehead atoms. The van der Waals surface area contributed by atoms with Crippen molar-refractivity contribution in [1.82, 2.24) is 5.43 Å². The topological polar surface area (TPSA) is 74.5 Å². The van der Waals surface area contributed by atoms with Gasteiger partial charge in [0.05, 0.1) is 11.3 Å². The van der Waals surface area contributed by atoms with E-state index in [0.29, 0.717) is 11.3 Å². The predicted octanol–water partition coefficient (Wildman–Crippen LogP) is 3.36. The molecule has 0 saturated carbocycles. The molecule has 0 aliphatic heterocycles. The van der Waals surface area contributed by atoms with Gasteiger partial charge in [0.2, 0.25) is 0 Å². The van der Waals surface area contributed by atoms with Crippen molar-refractivity contribution in [2.24, 2.45) is 5.10 Å². The molecule has 5 heteroatoms. The van der Waals surface area contributed by atoms with Gasteiger partial charge in [0, 0.05) is 0 Å². The Morgan fingerprint density at radius 1 is 1.19 bits per heavy atom. The number of carbonyl (C=O) groups is 1. The van der Waals surface area contributed by atoms with E-state index in [1.165, 1.54) is 24.0 Å². The second-order valence-electron chi connectivity index (χ2n) is 6.32. The lowest BCUT2D eigenvalue weighted by atomic mass is 9.90. The molecular weight excluding hydrogens is 326 g/mol. The number of nitrogens with one attached hydrogen (secondary N) is 1. The summed E-state index contributed by atoms with van der Waals surface area (Å²) < 4.78 is 5.40. The van der Waals surface area contributed by atoms with E-state index in [2.05, 4.69) is 28.7 Å². The number of aryl methyl sites for hydroxylation is 2. The molecule has 0 heterocycles. The van der Waals surface area contributed by atoms with E-state index in [-0.39, 0.29) is 12.5 Å². The number of para-hydroxylation sites is 1. The third-order valence-electron chi connectivity index (χ3n) is 4.48. The van der Waals surface area contributed by atoms with Crippen LogP contribution in [0.1, 0.15) is 42.0 Å². The zero-order valence-electron chi connectivity index (χ0n) is 14.8. The maximum absolute atomic E-state index is 12.0. The minimum atomic E-state index is -0.366. The number of nitriles is 1. The highest BCUT2D eigenvalue weighted by atomic mass is 16.5. The van der Waals surface area contributed by atoms with Crippen LogP contribution >= 0.6 is 0 Å². The van der Waals surface area contributed by atoms with Gasteiger partial charge >= 0.3 is 0 Å². The van der Waals surface area contributed by atoms with Gasteiger partial charge < -0.3 is 4.74 Å². The van der Waals surface area contributed by atoms with Crippen molar-refractivity contribution in [3.05, 3.63) is 64.7 Å². The molecule has 3 rings (SSSR count). The van der Waals surface area contributed by atoms with Crippen molar-refractivity contribution in [3.8, 4) is 11.8 Å². The summed E-state index contributed by atoms with van der Waals surface area (Å²) in [6.07, 6.45) is 4.73. The molecule has 0 aromatic heterocycles. The van der Waals surface area contributed by atoms with Crippen LogP contribution in [0.15, 0.2) is 47.6 Å². The van der Waals surface area contributed by atoms with Crippen LogP contribution in [0.3, 0.4) is 0 Å². The number of rotatable bonds is 5. The summed E-state index contributed by atoms with van der Waals surface area (Å²) >= 11 is 0. The Kier molecular flexibility index (Phi) is 5.65. The van der Waals surface area contributed by atoms with E-state index in [1.807, 2.05) is 13.0 Å². The Bertz CT molecular complexity index is 881. The highest BCUT2D eigenvalue weighted by Crippen LogP contribution is 2.22. The number of nitrogens with zero attached hydrogens (tertiary/aromatic N) is 2. The van der Waals surface area contributed by atoms with Crippen molar-refractivity contribution in [3.63, 3.8) is 0 Å². The van der Waals surface area contributed by atoms with E-state index in [4.69, 9.17) is 10.00 Å². The van der Waals surface area contributed by atoms with E-state index in [0.717, 1.165) is 24.1 Å². The lowest BCUT2D eigenvalue weighted by Gasteiger charge is -2.16. The average Bonchev–Trinajstić information content (AvgIpc) is 2.70. The average molecular weight is 347 g/mol. The monoisotopic (exact) mass is 347 g/mol. The molecule has 1 aliphatic rings. The molecule has 1 amide bonds. The summed E-state index contributed by atoms with van der Waals surface area (Å²) in [6, 6.07) is 15.2. The number of fused-ring (bicyclic) bond motifs is 1. The van der Waals surface area contributed by atoms with Crippen molar-refractivity contribution >= 4 is 11.6 Å². The molecule has 0 fully saturated rings. The quantitative estimate of drug-likeness (QED) is 0.666. The summed E-state index contributed by atoms with van der Waals surface area (Å²) in [7, 11) is 0. The molecule has 5 nitrogen and oxygen atoms in total. The standard InChI is InChI=1S/C21H21N3O2/c1-15(17-11-10-16-6-2-3-7-18(16)12-17)23-24-21(25)14-26-20-9-5-4-8-19(20)13-22/h4-5,8-12H,2-3,6-7,14H2,1H3,(H,24,25)/b23-15-. The van der Waals surface area contributed by atoms with E-state index >= 15 is 0 Å². The molecule has 1 N–H and O–H groups in total. The summed E-state index contributed by atoms with van der Waals surface area (Å²) in [5, 5.41) is 13.2. The van der Waals surface area contributed by atoms with Gasteiger partial charge in [0.25, 0.3) is 5.91 Å². The lowest BCUT2D eigenvalue weighted by Crippen LogP contribution is -2.25. The van der Waals surface area contributed by atoms with Gasteiger partial charge in [-0.3, -0.25) is 4.79 Å². The highest BCUT2D eigenvalue weighted by molar-refractivity contribution is 5.99. The van der Waals surface area contributed by atoms with E-state index in [9.17, 15) is 4.79 Å². The molecule has 0 spiro atoms. The van der Waals surface area contributed by atoms with Crippen molar-refractivity contribution in [2.75, 3.05) is 6.61 Å². The van der Waals surface area contributed by atoms with Crippen LogP contribution in [0.5, 0.6) is 5.75 Å². The molecule has 0 unspecified atom stereocenters. The predicted molar refractivity (Wildman–Crippen MR) is 100 cm³/mol. The fourth-order valence-electron chi connectivity index (χ4n) is 3.03. The fourth-order valence-corrected chi connectivity index (χ4v) is 3.03. The van der Waals surface area contributed by atoms with E-state index < -0.39 is 0 Å². The third-order valence-corrected chi connectivity index (χ3v) is 4.48. The summed E-state index contributed by atoms with van der Waals surface area (Å²) in [5.74, 6) is 0.0237. The van der Waals surface area contributed by atoms with Crippen LogP contribution in [0.2, 0.25) is 0 Å². The number of carbonyl (C=O) groups excluding carboxylic acids is 1. The molecule has 26 heavy (non-hydrogen) atoms. The van der Waals surface area contributed by atoms with Crippen LogP contribution < -0.4 is 10.2 Å². The van der Waals surface area contributed by atoms with Gasteiger partial charge in [0.1, 0.15) is 11.8 Å². The van der Waals surface area contributed by atoms with Crippen molar-refractivity contribution in [1.29, 1.82) is 5.26 Å². The molecule has 1 aliphatic carbocycles. The molecule has 0 radical (unpaired) electrons. The number of amides is 1. The van der Waals surface area contributed by atoms with Crippen LogP contribution in [-0.4, -0.2) is 18.2 Å². The summed E-state index contributed by atoms with van der Waals surface area (Å²) in [5.41, 5.74) is 7.47. The van der Waals surface area contributed by atoms with Gasteiger partial charge in [0.15, 0.2) is 6.61 Å². The molecule has 0 atom stereocenters. The first-order valence-corrected chi connectivity index (χ1v) is 8.74. The second-order valence-corrected chi connectivity index (χ2v) is 6.32. The normalized spacial score (nSPS) is 13.5. The fraction of sp³-hybridized carbons (Fsp3) is 0.286. The molecule has 2 aromatic carbocycles. The van der Waals surface area contributed by atoms with Crippen LogP contribution in [0, 0.1) is 11.3 Å². The van der Waals surface area contributed by atoms with Gasteiger partial charge in [-0.15, -0.1) is 0 Å². The minimum Gasteiger partial charge on any atom is -0.482 e. The van der Waals surface area contributed by atoms with E-state index in [1.54, 1.807) is 24.3 Å². The lowest BCUT2D eigenvalue weighted by molar-refractivity contribution is -0.123. The van der Waals surface area contributed by atoms with Crippen LogP contribution in [0.25, 0.3) is 0 Å². The largest absolute Gasteiger partial charge is 0.482 e. The van der Waals surface area contributed by atoms with Crippen LogP contribution in [0.4, 0.5) is 0 Å². The van der Waals surface area contributed by atoms with Crippen molar-refractivity contribution < 1.29 is 9.53 Å². The first-order valence-electron chi connectivity index (χ1n) is 8.74. The van der Waals surface area contributed by atoms with Gasteiger partial charge in [-0.2, -0.15) is 10.4 Å². The molecular formula is C21H21N3O2. The van der Waals surface area contributed by atoms with Gasteiger partial charge in [-0.05, 0) is 67.5 Å². The SMILES string of the molecule is C/C(=N/NC(=O)COc1ccccc1C#N)c1ccc2c(c1)CCCC2. The van der Waals surface area contributed by atoms with Crippen LogP contribution in [-0.2, 0) is 17.6 Å². The first kappa shape index (κ1) is 17.7. The minimum absolute atomic E-state index is 0.195. The maximum Gasteiger partial charge on any atom is 0.277 e. The molecule has 2 aromatic rings. The zero-order valence-corrected chi connectivity index (χ0v) is 14.8. The number of hydrogen-bond acceptors (Lipinski definition) is 4. The van der Waals surface area contributed by atoms with Gasteiger partial charge in [-0.25, -0.2) is 5.43 Å².